The van der Waals surface area contributed by atoms with Crippen LogP contribution in [0.1, 0.15) is 28.9 Å². The molecule has 1 aliphatic carbocycles. The largest absolute Gasteiger partial charge is 0.486 e. The maximum atomic E-state index is 9.27. The van der Waals surface area contributed by atoms with E-state index in [1.807, 2.05) is 43.3 Å². The van der Waals surface area contributed by atoms with Gasteiger partial charge in [-0.2, -0.15) is 5.26 Å². The van der Waals surface area contributed by atoms with Crippen molar-refractivity contribution in [2.45, 2.75) is 32.3 Å². The Kier molecular flexibility index (Phi) is 7.42. The number of aromatic nitrogens is 2. The second kappa shape index (κ2) is 10.3. The number of pyridine rings is 1. The lowest BCUT2D eigenvalue weighted by molar-refractivity contribution is 0.0915. The molecule has 0 radical (unpaired) electrons. The smallest absolute Gasteiger partial charge is 0.171 e. The van der Waals surface area contributed by atoms with Crippen molar-refractivity contribution in [3.8, 4) is 17.6 Å². The molecule has 0 unspecified atom stereocenters. The molecule has 35 heavy (non-hydrogen) atoms. The summed E-state index contributed by atoms with van der Waals surface area (Å²) in [6.45, 7) is 4.22. The van der Waals surface area contributed by atoms with Crippen molar-refractivity contribution in [2.75, 3.05) is 19.7 Å². The van der Waals surface area contributed by atoms with Gasteiger partial charge in [0, 0.05) is 34.2 Å². The standard InChI is InChI=1S/C27H26N4O2.2ClH/c1-16-2-5-20-23(30-16)8-9-26-27(20)33-19(15-32-26)14-29-13-18-4-7-25-22(11-18)21-10-17(12-28)3-6-24(21)31-25;;/h2-3,5-6,8-10,18-19,29,31H,4,7,11,13-15H2,1H3;2*1H/t18-,19-;;/m0../s1. The molecule has 2 aromatic carbocycles. The van der Waals surface area contributed by atoms with Crippen LogP contribution in [0.5, 0.6) is 11.5 Å². The SMILES string of the molecule is Cc1ccc2c3c(ccc2n1)OC[C@H](CNC[C@H]1CCc2[nH]c4ccc(C#N)cc4c2C1)O3.Cl.Cl. The second-order valence-corrected chi connectivity index (χ2v) is 9.18. The number of nitrogens with one attached hydrogen (secondary N) is 2. The highest BCUT2D eigenvalue weighted by Gasteiger charge is 2.25. The number of nitriles is 1. The summed E-state index contributed by atoms with van der Waals surface area (Å²) in [5.74, 6) is 2.15. The topological polar surface area (TPSA) is 83.0 Å². The Hall–Kier alpha value is -2.98. The number of fused-ring (bicyclic) bond motifs is 6. The molecule has 1 aliphatic heterocycles. The van der Waals surface area contributed by atoms with E-state index < -0.39 is 0 Å². The summed E-state index contributed by atoms with van der Waals surface area (Å²) in [6, 6.07) is 16.2. The van der Waals surface area contributed by atoms with Crippen LogP contribution in [0.4, 0.5) is 0 Å². The maximum absolute atomic E-state index is 9.27. The normalized spacial score (nSPS) is 18.3. The Balaban J connectivity index is 0.00000144. The lowest BCUT2D eigenvalue weighted by Gasteiger charge is -2.29. The summed E-state index contributed by atoms with van der Waals surface area (Å²) in [6.07, 6.45) is 3.19. The fourth-order valence-electron chi connectivity index (χ4n) is 5.16. The summed E-state index contributed by atoms with van der Waals surface area (Å²) >= 11 is 0. The van der Waals surface area contributed by atoms with Crippen molar-refractivity contribution in [1.82, 2.24) is 15.3 Å². The Morgan fingerprint density at radius 3 is 2.86 bits per heavy atom. The Bertz CT molecular complexity index is 1410. The van der Waals surface area contributed by atoms with Crippen molar-refractivity contribution in [3.05, 3.63) is 65.0 Å². The minimum atomic E-state index is -0.0326. The Labute approximate surface area is 216 Å². The molecule has 2 atom stereocenters. The van der Waals surface area contributed by atoms with Crippen molar-refractivity contribution >= 4 is 46.6 Å². The van der Waals surface area contributed by atoms with Crippen LogP contribution in [-0.4, -0.2) is 35.8 Å². The first kappa shape index (κ1) is 25.1. The lowest BCUT2D eigenvalue weighted by atomic mass is 9.86. The molecule has 0 saturated heterocycles. The molecular formula is C27H28Cl2N4O2. The predicted octanol–water partition coefficient (Wildman–Crippen LogP) is 5.27. The van der Waals surface area contributed by atoms with Gasteiger partial charge in [0.15, 0.2) is 11.5 Å². The fraction of sp³-hybridized carbons (Fsp3) is 0.333. The molecule has 182 valence electrons. The monoisotopic (exact) mass is 510 g/mol. The van der Waals surface area contributed by atoms with Crippen LogP contribution in [0.15, 0.2) is 42.5 Å². The van der Waals surface area contributed by atoms with Gasteiger partial charge < -0.3 is 19.8 Å². The van der Waals surface area contributed by atoms with Crippen molar-refractivity contribution < 1.29 is 9.47 Å². The molecule has 2 aromatic heterocycles. The molecule has 2 aliphatic rings. The van der Waals surface area contributed by atoms with Gasteiger partial charge in [0.05, 0.1) is 17.1 Å². The molecule has 6 nitrogen and oxygen atoms in total. The van der Waals surface area contributed by atoms with Crippen LogP contribution in [0.2, 0.25) is 0 Å². The van der Waals surface area contributed by atoms with Gasteiger partial charge in [-0.25, -0.2) is 0 Å². The zero-order valence-corrected chi connectivity index (χ0v) is 21.1. The van der Waals surface area contributed by atoms with E-state index in [1.54, 1.807) is 0 Å². The van der Waals surface area contributed by atoms with Crippen molar-refractivity contribution in [2.24, 2.45) is 5.92 Å². The van der Waals surface area contributed by atoms with Gasteiger partial charge in [0.25, 0.3) is 0 Å². The van der Waals surface area contributed by atoms with Gasteiger partial charge in [-0.1, -0.05) is 0 Å². The molecule has 0 saturated carbocycles. The first-order chi connectivity index (χ1) is 16.2. The average Bonchev–Trinajstić information content (AvgIpc) is 3.21. The van der Waals surface area contributed by atoms with E-state index in [0.29, 0.717) is 12.5 Å². The van der Waals surface area contributed by atoms with Crippen LogP contribution in [0.25, 0.3) is 21.8 Å². The van der Waals surface area contributed by atoms with Gasteiger partial charge in [-0.15, -0.1) is 24.8 Å². The molecule has 0 bridgehead atoms. The average molecular weight is 511 g/mol. The highest BCUT2D eigenvalue weighted by Crippen LogP contribution is 2.38. The van der Waals surface area contributed by atoms with E-state index in [9.17, 15) is 5.26 Å². The van der Waals surface area contributed by atoms with Gasteiger partial charge in [-0.3, -0.25) is 4.98 Å². The molecule has 0 amide bonds. The number of rotatable bonds is 4. The maximum Gasteiger partial charge on any atom is 0.171 e. The summed E-state index contributed by atoms with van der Waals surface area (Å²) in [5, 5.41) is 15.1. The van der Waals surface area contributed by atoms with E-state index in [-0.39, 0.29) is 30.9 Å². The first-order valence-electron chi connectivity index (χ1n) is 11.6. The quantitative estimate of drug-likeness (QED) is 0.390. The number of halogens is 2. The number of hydrogen-bond acceptors (Lipinski definition) is 5. The van der Waals surface area contributed by atoms with Crippen LogP contribution in [0, 0.1) is 24.2 Å². The van der Waals surface area contributed by atoms with E-state index in [0.717, 1.165) is 71.5 Å². The van der Waals surface area contributed by atoms with Crippen LogP contribution in [-0.2, 0) is 12.8 Å². The summed E-state index contributed by atoms with van der Waals surface area (Å²) < 4.78 is 12.3. The highest BCUT2D eigenvalue weighted by molar-refractivity contribution is 5.88. The summed E-state index contributed by atoms with van der Waals surface area (Å²) in [5.41, 5.74) is 6.48. The zero-order valence-electron chi connectivity index (χ0n) is 19.5. The minimum absolute atomic E-state index is 0. The van der Waals surface area contributed by atoms with Gasteiger partial charge in [0.1, 0.15) is 12.7 Å². The zero-order chi connectivity index (χ0) is 22.4. The second-order valence-electron chi connectivity index (χ2n) is 9.18. The van der Waals surface area contributed by atoms with E-state index in [4.69, 9.17) is 9.47 Å². The van der Waals surface area contributed by atoms with Crippen LogP contribution < -0.4 is 14.8 Å². The molecule has 0 fully saturated rings. The van der Waals surface area contributed by atoms with Crippen molar-refractivity contribution in [3.63, 3.8) is 0 Å². The number of H-pyrrole nitrogens is 1. The molecular weight excluding hydrogens is 483 g/mol. The number of aryl methyl sites for hydroxylation is 2. The van der Waals surface area contributed by atoms with Gasteiger partial charge in [0.2, 0.25) is 0 Å². The molecule has 0 spiro atoms. The third-order valence-electron chi connectivity index (χ3n) is 6.86. The van der Waals surface area contributed by atoms with Gasteiger partial charge in [-0.05, 0) is 86.7 Å². The van der Waals surface area contributed by atoms with Crippen molar-refractivity contribution in [1.29, 1.82) is 5.26 Å². The Morgan fingerprint density at radius 1 is 1.11 bits per heavy atom. The van der Waals surface area contributed by atoms with E-state index >= 15 is 0 Å². The third kappa shape index (κ3) is 4.77. The summed E-state index contributed by atoms with van der Waals surface area (Å²) in [7, 11) is 0. The highest BCUT2D eigenvalue weighted by atomic mass is 35.5. The number of hydrogen-bond donors (Lipinski definition) is 2. The van der Waals surface area contributed by atoms with Crippen LogP contribution in [0.3, 0.4) is 0 Å². The molecule has 6 rings (SSSR count). The number of ether oxygens (including phenoxy) is 2. The molecule has 8 heteroatoms. The van der Waals surface area contributed by atoms with Crippen LogP contribution >= 0.6 is 24.8 Å². The van der Waals surface area contributed by atoms with E-state index in [2.05, 4.69) is 27.4 Å². The summed E-state index contributed by atoms with van der Waals surface area (Å²) in [4.78, 5) is 8.16. The molecule has 2 N–H and O–H groups in total. The minimum Gasteiger partial charge on any atom is -0.486 e. The molecule has 4 aromatic rings. The van der Waals surface area contributed by atoms with Gasteiger partial charge >= 0.3 is 0 Å². The first-order valence-corrected chi connectivity index (χ1v) is 11.6. The van der Waals surface area contributed by atoms with E-state index in [1.165, 1.54) is 16.6 Å². The third-order valence-corrected chi connectivity index (χ3v) is 6.86. The Morgan fingerprint density at radius 2 is 2.00 bits per heavy atom. The lowest BCUT2D eigenvalue weighted by Crippen LogP contribution is -2.40. The number of benzene rings is 2. The molecule has 3 heterocycles. The predicted molar refractivity (Wildman–Crippen MR) is 142 cm³/mol. The number of aromatic amines is 1. The fourth-order valence-corrected chi connectivity index (χ4v) is 5.16. The number of nitrogens with zero attached hydrogens (tertiary/aromatic N) is 2.